The Bertz CT molecular complexity index is 129. The molecule has 0 saturated carbocycles. The van der Waals surface area contributed by atoms with E-state index < -0.39 is 5.97 Å². The van der Waals surface area contributed by atoms with Gasteiger partial charge in [0.2, 0.25) is 0 Å². The summed E-state index contributed by atoms with van der Waals surface area (Å²) in [7, 11) is 0. The van der Waals surface area contributed by atoms with E-state index in [1.165, 1.54) is 0 Å². The molecule has 0 aromatic rings. The van der Waals surface area contributed by atoms with Crippen molar-refractivity contribution < 1.29 is 9.90 Å². The average Bonchev–Trinajstić information content (AvgIpc) is 1.88. The number of hydrogen-bond acceptors (Lipinski definition) is 3. The number of aliphatic carboxylic acids is 1. The van der Waals surface area contributed by atoms with Gasteiger partial charge in [-0.15, -0.1) is 24.8 Å². The third kappa shape index (κ3) is 5.60. The third-order valence-corrected chi connectivity index (χ3v) is 1.57. The van der Waals surface area contributed by atoms with Crippen molar-refractivity contribution in [2.75, 3.05) is 32.7 Å². The molecule has 0 spiro atoms. The lowest BCUT2D eigenvalue weighted by atomic mass is 10.3. The highest BCUT2D eigenvalue weighted by Gasteiger charge is 2.11. The van der Waals surface area contributed by atoms with Crippen LogP contribution in [0.5, 0.6) is 0 Å². The lowest BCUT2D eigenvalue weighted by molar-refractivity contribution is -0.138. The summed E-state index contributed by atoms with van der Waals surface area (Å²) in [5.41, 5.74) is 0. The summed E-state index contributed by atoms with van der Waals surface area (Å²) in [4.78, 5) is 12.1. The molecule has 6 heteroatoms. The minimum atomic E-state index is -0.734. The van der Waals surface area contributed by atoms with Crippen molar-refractivity contribution in [1.82, 2.24) is 10.2 Å². The van der Waals surface area contributed by atoms with E-state index in [0.717, 1.165) is 26.2 Å². The van der Waals surface area contributed by atoms with Gasteiger partial charge in [0.15, 0.2) is 0 Å². The van der Waals surface area contributed by atoms with Gasteiger partial charge in [0, 0.05) is 26.2 Å². The molecule has 1 saturated heterocycles. The molecule has 0 amide bonds. The topological polar surface area (TPSA) is 52.6 Å². The Morgan fingerprint density at radius 1 is 1.33 bits per heavy atom. The second-order valence-electron chi connectivity index (χ2n) is 2.42. The van der Waals surface area contributed by atoms with Crippen LogP contribution in [0.2, 0.25) is 0 Å². The van der Waals surface area contributed by atoms with Gasteiger partial charge in [-0.2, -0.15) is 0 Å². The molecule has 1 fully saturated rings. The van der Waals surface area contributed by atoms with E-state index in [1.807, 2.05) is 4.90 Å². The van der Waals surface area contributed by atoms with E-state index in [0.29, 0.717) is 0 Å². The summed E-state index contributed by atoms with van der Waals surface area (Å²) >= 11 is 0. The molecule has 0 aliphatic carbocycles. The molecule has 0 unspecified atom stereocenters. The molecular formula is C6H14Cl2N2O2. The molecule has 0 aromatic heterocycles. The second kappa shape index (κ2) is 7.61. The first kappa shape index (κ1) is 14.5. The summed E-state index contributed by atoms with van der Waals surface area (Å²) in [6.07, 6.45) is 0. The molecule has 0 radical (unpaired) electrons. The monoisotopic (exact) mass is 216 g/mol. The minimum absolute atomic E-state index is 0. The van der Waals surface area contributed by atoms with Gasteiger partial charge in [0.05, 0.1) is 6.54 Å². The van der Waals surface area contributed by atoms with E-state index in [-0.39, 0.29) is 31.4 Å². The molecule has 1 heterocycles. The van der Waals surface area contributed by atoms with Gasteiger partial charge in [0.1, 0.15) is 0 Å². The number of nitrogens with zero attached hydrogens (tertiary/aromatic N) is 1. The molecule has 1 rings (SSSR count). The van der Waals surface area contributed by atoms with Gasteiger partial charge in [0.25, 0.3) is 0 Å². The largest absolute Gasteiger partial charge is 0.480 e. The van der Waals surface area contributed by atoms with E-state index >= 15 is 0 Å². The van der Waals surface area contributed by atoms with Gasteiger partial charge in [-0.25, -0.2) is 0 Å². The molecule has 2 N–H and O–H groups in total. The number of carboxylic acid groups (broad SMARTS) is 1. The van der Waals surface area contributed by atoms with Crippen LogP contribution in [0.25, 0.3) is 0 Å². The highest BCUT2D eigenvalue weighted by molar-refractivity contribution is 5.85. The van der Waals surface area contributed by atoms with Gasteiger partial charge < -0.3 is 10.4 Å². The van der Waals surface area contributed by atoms with E-state index in [2.05, 4.69) is 5.32 Å². The smallest absolute Gasteiger partial charge is 0.317 e. The number of carboxylic acids is 1. The van der Waals surface area contributed by atoms with Crippen LogP contribution in [-0.2, 0) is 4.79 Å². The molecule has 1 aliphatic rings. The average molecular weight is 217 g/mol. The Balaban J connectivity index is 0. The standard InChI is InChI=1S/C6H12N2O2.2ClH/c9-6(10)5-8-3-1-7-2-4-8;;/h7H,1-5H2,(H,9,10);2*1H. The number of nitrogens with one attached hydrogen (secondary N) is 1. The summed E-state index contributed by atoms with van der Waals surface area (Å²) in [6, 6.07) is 0. The van der Waals surface area contributed by atoms with Crippen molar-refractivity contribution in [3.63, 3.8) is 0 Å². The van der Waals surface area contributed by atoms with Crippen molar-refractivity contribution in [3.8, 4) is 0 Å². The number of piperazine rings is 1. The molecular weight excluding hydrogens is 203 g/mol. The van der Waals surface area contributed by atoms with Gasteiger partial charge in [-0.05, 0) is 0 Å². The summed E-state index contributed by atoms with van der Waals surface area (Å²) in [6.45, 7) is 3.71. The zero-order valence-electron chi connectivity index (χ0n) is 6.65. The lowest BCUT2D eigenvalue weighted by Gasteiger charge is -2.25. The number of rotatable bonds is 2. The molecule has 4 nitrogen and oxygen atoms in total. The van der Waals surface area contributed by atoms with Crippen molar-refractivity contribution in [3.05, 3.63) is 0 Å². The fourth-order valence-electron chi connectivity index (χ4n) is 1.06. The van der Waals surface area contributed by atoms with Crippen LogP contribution in [0.4, 0.5) is 0 Å². The summed E-state index contributed by atoms with van der Waals surface area (Å²) in [5.74, 6) is -0.734. The Labute approximate surface area is 84.1 Å². The Kier molecular flexibility index (Phi) is 9.19. The quantitative estimate of drug-likeness (QED) is 0.673. The normalized spacial score (nSPS) is 17.3. The zero-order chi connectivity index (χ0) is 7.40. The van der Waals surface area contributed by atoms with Crippen molar-refractivity contribution in [2.45, 2.75) is 0 Å². The predicted octanol–water partition coefficient (Wildman–Crippen LogP) is -0.180. The van der Waals surface area contributed by atoms with Crippen LogP contribution >= 0.6 is 24.8 Å². The summed E-state index contributed by atoms with van der Waals surface area (Å²) < 4.78 is 0. The molecule has 0 bridgehead atoms. The first-order valence-electron chi connectivity index (χ1n) is 3.44. The Morgan fingerprint density at radius 2 is 1.83 bits per heavy atom. The van der Waals surface area contributed by atoms with Crippen LogP contribution in [0.15, 0.2) is 0 Å². The van der Waals surface area contributed by atoms with Crippen molar-refractivity contribution in [1.29, 1.82) is 0 Å². The van der Waals surface area contributed by atoms with E-state index in [9.17, 15) is 4.79 Å². The minimum Gasteiger partial charge on any atom is -0.480 e. The second-order valence-corrected chi connectivity index (χ2v) is 2.42. The molecule has 12 heavy (non-hydrogen) atoms. The maximum absolute atomic E-state index is 10.2. The van der Waals surface area contributed by atoms with Crippen LogP contribution in [0.1, 0.15) is 0 Å². The Hall–Kier alpha value is -0.0300. The molecule has 0 atom stereocenters. The number of carbonyl (C=O) groups is 1. The number of hydrogen-bond donors (Lipinski definition) is 2. The zero-order valence-corrected chi connectivity index (χ0v) is 8.29. The lowest BCUT2D eigenvalue weighted by Crippen LogP contribution is -2.45. The van der Waals surface area contributed by atoms with Gasteiger partial charge in [-0.1, -0.05) is 0 Å². The highest BCUT2D eigenvalue weighted by atomic mass is 35.5. The fraction of sp³-hybridized carbons (Fsp3) is 0.833. The van der Waals surface area contributed by atoms with Gasteiger partial charge >= 0.3 is 5.97 Å². The maximum Gasteiger partial charge on any atom is 0.317 e. The Morgan fingerprint density at radius 3 is 2.25 bits per heavy atom. The van der Waals surface area contributed by atoms with Crippen LogP contribution in [0.3, 0.4) is 0 Å². The van der Waals surface area contributed by atoms with E-state index in [4.69, 9.17) is 5.11 Å². The van der Waals surface area contributed by atoms with Crippen molar-refractivity contribution >= 4 is 30.8 Å². The predicted molar refractivity (Wildman–Crippen MR) is 51.4 cm³/mol. The molecule has 0 aromatic carbocycles. The first-order chi connectivity index (χ1) is 4.79. The van der Waals surface area contributed by atoms with Crippen molar-refractivity contribution in [2.24, 2.45) is 0 Å². The van der Waals surface area contributed by atoms with Crippen LogP contribution < -0.4 is 5.32 Å². The summed E-state index contributed by atoms with van der Waals surface area (Å²) in [5, 5.41) is 11.6. The van der Waals surface area contributed by atoms with Gasteiger partial charge in [-0.3, -0.25) is 9.69 Å². The highest BCUT2D eigenvalue weighted by Crippen LogP contribution is 1.89. The van der Waals surface area contributed by atoms with E-state index in [1.54, 1.807) is 0 Å². The number of halogens is 2. The third-order valence-electron chi connectivity index (χ3n) is 1.57. The SMILES string of the molecule is Cl.Cl.O=C(O)CN1CCNCC1. The maximum atomic E-state index is 10.2. The fourth-order valence-corrected chi connectivity index (χ4v) is 1.06. The molecule has 1 aliphatic heterocycles. The molecule has 74 valence electrons. The van der Waals surface area contributed by atoms with Crippen LogP contribution in [-0.4, -0.2) is 48.7 Å². The first-order valence-corrected chi connectivity index (χ1v) is 3.44. The van der Waals surface area contributed by atoms with Crippen LogP contribution in [0, 0.1) is 0 Å².